The van der Waals surface area contributed by atoms with Crippen molar-refractivity contribution in [2.75, 3.05) is 17.6 Å². The molecule has 5 heteroatoms. The fourth-order valence-electron chi connectivity index (χ4n) is 1.45. The van der Waals surface area contributed by atoms with E-state index in [0.717, 1.165) is 11.4 Å². The SMILES string of the molecule is Cc1cc(NCCC(=O)NC(C)(C)C)ncc1N. The van der Waals surface area contributed by atoms with Gasteiger partial charge in [0.05, 0.1) is 11.9 Å². The van der Waals surface area contributed by atoms with Gasteiger partial charge in [0.15, 0.2) is 0 Å². The Morgan fingerprint density at radius 3 is 2.67 bits per heavy atom. The zero-order valence-electron chi connectivity index (χ0n) is 11.5. The van der Waals surface area contributed by atoms with Gasteiger partial charge in [-0.25, -0.2) is 4.98 Å². The molecule has 1 aromatic heterocycles. The van der Waals surface area contributed by atoms with Gasteiger partial charge in [-0.2, -0.15) is 0 Å². The molecule has 0 unspecified atom stereocenters. The first-order chi connectivity index (χ1) is 8.28. The molecule has 18 heavy (non-hydrogen) atoms. The Kier molecular flexibility index (Phi) is 4.53. The molecule has 0 atom stereocenters. The third-order valence-electron chi connectivity index (χ3n) is 2.32. The molecule has 0 aliphatic carbocycles. The first-order valence-corrected chi connectivity index (χ1v) is 6.05. The summed E-state index contributed by atoms with van der Waals surface area (Å²) in [5.41, 5.74) is 7.14. The second-order valence-corrected chi connectivity index (χ2v) is 5.40. The highest BCUT2D eigenvalue weighted by atomic mass is 16.1. The second-order valence-electron chi connectivity index (χ2n) is 5.40. The predicted molar refractivity (Wildman–Crippen MR) is 74.4 cm³/mol. The van der Waals surface area contributed by atoms with Crippen LogP contribution in [0, 0.1) is 6.92 Å². The monoisotopic (exact) mass is 250 g/mol. The number of carbonyl (C=O) groups excluding carboxylic acids is 1. The van der Waals surface area contributed by atoms with E-state index in [-0.39, 0.29) is 11.4 Å². The highest BCUT2D eigenvalue weighted by Crippen LogP contribution is 2.12. The lowest BCUT2D eigenvalue weighted by molar-refractivity contribution is -0.122. The number of rotatable bonds is 4. The van der Waals surface area contributed by atoms with Gasteiger partial charge in [0, 0.05) is 18.5 Å². The summed E-state index contributed by atoms with van der Waals surface area (Å²) in [6, 6.07) is 1.87. The van der Waals surface area contributed by atoms with Crippen molar-refractivity contribution in [2.24, 2.45) is 0 Å². The van der Waals surface area contributed by atoms with E-state index in [0.29, 0.717) is 18.7 Å². The highest BCUT2D eigenvalue weighted by molar-refractivity contribution is 5.77. The number of carbonyl (C=O) groups is 1. The summed E-state index contributed by atoms with van der Waals surface area (Å²) < 4.78 is 0. The maximum Gasteiger partial charge on any atom is 0.222 e. The van der Waals surface area contributed by atoms with Gasteiger partial charge < -0.3 is 16.4 Å². The summed E-state index contributed by atoms with van der Waals surface area (Å²) in [5.74, 6) is 0.771. The Hall–Kier alpha value is -1.78. The number of amides is 1. The molecule has 0 aliphatic heterocycles. The zero-order valence-corrected chi connectivity index (χ0v) is 11.5. The molecule has 100 valence electrons. The van der Waals surface area contributed by atoms with Crippen molar-refractivity contribution in [3.05, 3.63) is 17.8 Å². The fourth-order valence-corrected chi connectivity index (χ4v) is 1.45. The normalized spacial score (nSPS) is 11.1. The second kappa shape index (κ2) is 5.71. The van der Waals surface area contributed by atoms with Gasteiger partial charge in [0.2, 0.25) is 5.91 Å². The standard InChI is InChI=1S/C13H22N4O/c1-9-7-11(16-8-10(9)14)15-6-5-12(18)17-13(2,3)4/h7-8H,5-6,14H2,1-4H3,(H,15,16)(H,17,18). The summed E-state index contributed by atoms with van der Waals surface area (Å²) in [5, 5.41) is 6.01. The smallest absolute Gasteiger partial charge is 0.222 e. The minimum Gasteiger partial charge on any atom is -0.397 e. The number of nitrogen functional groups attached to an aromatic ring is 1. The third kappa shape index (κ3) is 5.03. The van der Waals surface area contributed by atoms with Crippen LogP contribution in [-0.4, -0.2) is 23.0 Å². The quantitative estimate of drug-likeness (QED) is 0.759. The molecule has 0 aliphatic rings. The van der Waals surface area contributed by atoms with E-state index in [1.54, 1.807) is 6.20 Å². The van der Waals surface area contributed by atoms with E-state index in [1.165, 1.54) is 0 Å². The van der Waals surface area contributed by atoms with Gasteiger partial charge in [-0.15, -0.1) is 0 Å². The fraction of sp³-hybridized carbons (Fsp3) is 0.538. The van der Waals surface area contributed by atoms with Crippen molar-refractivity contribution in [3.8, 4) is 0 Å². The largest absolute Gasteiger partial charge is 0.397 e. The molecule has 0 saturated carbocycles. The molecule has 0 aromatic carbocycles. The maximum atomic E-state index is 11.6. The zero-order chi connectivity index (χ0) is 13.8. The molecule has 1 heterocycles. The van der Waals surface area contributed by atoms with Crippen molar-refractivity contribution in [2.45, 2.75) is 39.7 Å². The lowest BCUT2D eigenvalue weighted by atomic mass is 10.1. The van der Waals surface area contributed by atoms with Crippen LogP contribution in [0.4, 0.5) is 11.5 Å². The van der Waals surface area contributed by atoms with Crippen LogP contribution < -0.4 is 16.4 Å². The number of pyridine rings is 1. The Morgan fingerprint density at radius 1 is 1.44 bits per heavy atom. The van der Waals surface area contributed by atoms with E-state index < -0.39 is 0 Å². The maximum absolute atomic E-state index is 11.6. The Balaban J connectivity index is 2.38. The van der Waals surface area contributed by atoms with Crippen molar-refractivity contribution in [1.82, 2.24) is 10.3 Å². The molecule has 5 nitrogen and oxygen atoms in total. The van der Waals surface area contributed by atoms with E-state index in [1.807, 2.05) is 33.8 Å². The summed E-state index contributed by atoms with van der Waals surface area (Å²) in [6.07, 6.45) is 2.04. The highest BCUT2D eigenvalue weighted by Gasteiger charge is 2.12. The van der Waals surface area contributed by atoms with Crippen LogP contribution in [0.3, 0.4) is 0 Å². The van der Waals surface area contributed by atoms with E-state index in [2.05, 4.69) is 15.6 Å². The number of nitrogens with zero attached hydrogens (tertiary/aromatic N) is 1. The predicted octanol–water partition coefficient (Wildman–Crippen LogP) is 1.69. The number of hydrogen-bond donors (Lipinski definition) is 3. The van der Waals surface area contributed by atoms with Crippen LogP contribution in [0.1, 0.15) is 32.8 Å². The van der Waals surface area contributed by atoms with E-state index in [4.69, 9.17) is 5.73 Å². The molecule has 0 saturated heterocycles. The van der Waals surface area contributed by atoms with Gasteiger partial charge in [-0.3, -0.25) is 4.79 Å². The molecule has 1 aromatic rings. The minimum atomic E-state index is -0.187. The summed E-state index contributed by atoms with van der Waals surface area (Å²) in [6.45, 7) is 8.36. The van der Waals surface area contributed by atoms with Crippen molar-refractivity contribution in [1.29, 1.82) is 0 Å². The van der Waals surface area contributed by atoms with Crippen LogP contribution in [0.5, 0.6) is 0 Å². The molecule has 1 rings (SSSR count). The number of nitrogens with two attached hydrogens (primary N) is 1. The molecular formula is C13H22N4O. The number of aromatic nitrogens is 1. The topological polar surface area (TPSA) is 80.0 Å². The van der Waals surface area contributed by atoms with E-state index >= 15 is 0 Å². The number of aryl methyl sites for hydroxylation is 1. The average molecular weight is 250 g/mol. The lowest BCUT2D eigenvalue weighted by Crippen LogP contribution is -2.41. The number of anilines is 2. The van der Waals surface area contributed by atoms with Gasteiger partial charge >= 0.3 is 0 Å². The Bertz CT molecular complexity index is 423. The van der Waals surface area contributed by atoms with Gasteiger partial charge in [0.1, 0.15) is 5.82 Å². The number of hydrogen-bond acceptors (Lipinski definition) is 4. The Morgan fingerprint density at radius 2 is 2.11 bits per heavy atom. The van der Waals surface area contributed by atoms with Crippen LogP contribution in [0.25, 0.3) is 0 Å². The van der Waals surface area contributed by atoms with E-state index in [9.17, 15) is 4.79 Å². The summed E-state index contributed by atoms with van der Waals surface area (Å²) in [4.78, 5) is 15.7. The van der Waals surface area contributed by atoms with Crippen LogP contribution in [0.2, 0.25) is 0 Å². The minimum absolute atomic E-state index is 0.0298. The Labute approximate surface area is 108 Å². The third-order valence-corrected chi connectivity index (χ3v) is 2.32. The van der Waals surface area contributed by atoms with Crippen molar-refractivity contribution < 1.29 is 4.79 Å². The molecule has 0 bridgehead atoms. The van der Waals surface area contributed by atoms with Gasteiger partial charge in [0.25, 0.3) is 0 Å². The molecule has 0 spiro atoms. The van der Waals surface area contributed by atoms with Crippen molar-refractivity contribution in [3.63, 3.8) is 0 Å². The lowest BCUT2D eigenvalue weighted by Gasteiger charge is -2.20. The number of nitrogens with one attached hydrogen (secondary N) is 2. The first-order valence-electron chi connectivity index (χ1n) is 6.05. The van der Waals surface area contributed by atoms with Crippen molar-refractivity contribution >= 4 is 17.4 Å². The van der Waals surface area contributed by atoms with Gasteiger partial charge in [-0.1, -0.05) is 0 Å². The molecular weight excluding hydrogens is 228 g/mol. The molecule has 0 fully saturated rings. The van der Waals surface area contributed by atoms with Crippen LogP contribution >= 0.6 is 0 Å². The molecule has 4 N–H and O–H groups in total. The summed E-state index contributed by atoms with van der Waals surface area (Å²) >= 11 is 0. The molecule has 0 radical (unpaired) electrons. The summed E-state index contributed by atoms with van der Waals surface area (Å²) in [7, 11) is 0. The van der Waals surface area contributed by atoms with Crippen LogP contribution in [-0.2, 0) is 4.79 Å². The van der Waals surface area contributed by atoms with Crippen LogP contribution in [0.15, 0.2) is 12.3 Å². The first kappa shape index (κ1) is 14.3. The molecule has 1 amide bonds. The average Bonchev–Trinajstić information content (AvgIpc) is 2.20. The van der Waals surface area contributed by atoms with Gasteiger partial charge in [-0.05, 0) is 39.3 Å².